The molecule has 0 aliphatic carbocycles. The maximum atomic E-state index is 11.1. The van der Waals surface area contributed by atoms with Crippen LogP contribution < -0.4 is 15.2 Å². The van der Waals surface area contributed by atoms with Gasteiger partial charge in [-0.2, -0.15) is 0 Å². The number of para-hydroxylation sites is 1. The molecule has 1 N–H and O–H groups in total. The van der Waals surface area contributed by atoms with Gasteiger partial charge in [0.15, 0.2) is 5.13 Å². The average molecular weight is 367 g/mol. The van der Waals surface area contributed by atoms with E-state index in [1.54, 1.807) is 0 Å². The Morgan fingerprint density at radius 3 is 2.58 bits per heavy atom. The van der Waals surface area contributed by atoms with Crippen LogP contribution in [0.1, 0.15) is 17.4 Å². The molecule has 0 atom stereocenters. The fourth-order valence-corrected chi connectivity index (χ4v) is 3.57. The molecule has 0 unspecified atom stereocenters. The number of anilines is 2. The Balaban J connectivity index is 1.94. The molecular formula is C20H19N2O3S-. The number of carboxylic acids is 1. The van der Waals surface area contributed by atoms with Crippen LogP contribution in [-0.4, -0.2) is 17.6 Å². The predicted molar refractivity (Wildman–Crippen MR) is 102 cm³/mol. The van der Waals surface area contributed by atoms with Gasteiger partial charge in [-0.1, -0.05) is 18.2 Å². The lowest BCUT2D eigenvalue weighted by molar-refractivity contribution is -0.304. The zero-order chi connectivity index (χ0) is 18.5. The van der Waals surface area contributed by atoms with E-state index in [4.69, 9.17) is 4.74 Å². The minimum atomic E-state index is -1.12. The number of aromatic nitrogens is 1. The van der Waals surface area contributed by atoms with Crippen LogP contribution in [0.2, 0.25) is 0 Å². The molecule has 3 rings (SSSR count). The van der Waals surface area contributed by atoms with Gasteiger partial charge < -0.3 is 20.0 Å². The number of benzene rings is 2. The number of hydrogen-bond donors (Lipinski definition) is 1. The van der Waals surface area contributed by atoms with Crippen LogP contribution in [0.3, 0.4) is 0 Å². The molecule has 5 nitrogen and oxygen atoms in total. The third-order valence-electron chi connectivity index (χ3n) is 3.83. The third-order valence-corrected chi connectivity index (χ3v) is 4.80. The van der Waals surface area contributed by atoms with E-state index in [1.807, 2.05) is 62.4 Å². The second-order valence-corrected chi connectivity index (χ2v) is 6.82. The summed E-state index contributed by atoms with van der Waals surface area (Å²) in [7, 11) is 0. The lowest BCUT2D eigenvalue weighted by atomic mass is 10.1. The molecule has 0 spiro atoms. The van der Waals surface area contributed by atoms with E-state index in [-0.39, 0.29) is 6.42 Å². The maximum absolute atomic E-state index is 11.1. The molecule has 1 heterocycles. The Morgan fingerprint density at radius 2 is 1.92 bits per heavy atom. The van der Waals surface area contributed by atoms with Crippen LogP contribution in [0.5, 0.6) is 5.75 Å². The highest BCUT2D eigenvalue weighted by molar-refractivity contribution is 7.16. The lowest BCUT2D eigenvalue weighted by Crippen LogP contribution is -2.24. The summed E-state index contributed by atoms with van der Waals surface area (Å²) in [4.78, 5) is 16.4. The summed E-state index contributed by atoms with van der Waals surface area (Å²) in [5.74, 6) is -0.352. The summed E-state index contributed by atoms with van der Waals surface area (Å²) in [5.41, 5.74) is 3.53. The second-order valence-electron chi connectivity index (χ2n) is 5.74. The molecule has 134 valence electrons. The SMILES string of the molecule is CCOc1ccc(-c2nc(Nc3ccccc3C)sc2CC(=O)[O-])cc1. The Kier molecular flexibility index (Phi) is 5.53. The number of ether oxygens (including phenoxy) is 1. The van der Waals surface area contributed by atoms with E-state index in [1.165, 1.54) is 11.3 Å². The summed E-state index contributed by atoms with van der Waals surface area (Å²) >= 11 is 1.33. The van der Waals surface area contributed by atoms with Gasteiger partial charge in [0.25, 0.3) is 0 Å². The highest BCUT2D eigenvalue weighted by Gasteiger charge is 2.14. The zero-order valence-electron chi connectivity index (χ0n) is 14.6. The van der Waals surface area contributed by atoms with Crippen molar-refractivity contribution in [1.82, 2.24) is 4.98 Å². The number of nitrogens with zero attached hydrogens (tertiary/aromatic N) is 1. The summed E-state index contributed by atoms with van der Waals surface area (Å²) < 4.78 is 5.45. The molecule has 3 aromatic rings. The monoisotopic (exact) mass is 367 g/mol. The molecule has 0 amide bonds. The molecule has 0 aliphatic heterocycles. The standard InChI is InChI=1S/C20H20N2O3S/c1-3-25-15-10-8-14(9-11-15)19-17(12-18(23)24)26-20(22-19)21-16-7-5-4-6-13(16)2/h4-11H,3,12H2,1-2H3,(H,21,22)(H,23,24)/p-1. The summed E-state index contributed by atoms with van der Waals surface area (Å²) in [5, 5.41) is 15.1. The van der Waals surface area contributed by atoms with Crippen molar-refractivity contribution < 1.29 is 14.6 Å². The first-order chi connectivity index (χ1) is 12.6. The smallest absolute Gasteiger partial charge is 0.187 e. The minimum Gasteiger partial charge on any atom is -0.550 e. The Bertz CT molecular complexity index is 904. The quantitative estimate of drug-likeness (QED) is 0.691. The largest absolute Gasteiger partial charge is 0.550 e. The van der Waals surface area contributed by atoms with Crippen LogP contribution in [0, 0.1) is 6.92 Å². The highest BCUT2D eigenvalue weighted by atomic mass is 32.1. The molecule has 1 aromatic heterocycles. The topological polar surface area (TPSA) is 74.3 Å². The number of carbonyl (C=O) groups is 1. The van der Waals surface area contributed by atoms with E-state index < -0.39 is 5.97 Å². The van der Waals surface area contributed by atoms with Gasteiger partial charge in [0, 0.05) is 28.5 Å². The van der Waals surface area contributed by atoms with Crippen molar-refractivity contribution in [3.05, 3.63) is 59.0 Å². The van der Waals surface area contributed by atoms with E-state index >= 15 is 0 Å². The van der Waals surface area contributed by atoms with Gasteiger partial charge in [0.2, 0.25) is 0 Å². The van der Waals surface area contributed by atoms with Crippen LogP contribution in [0.4, 0.5) is 10.8 Å². The number of aryl methyl sites for hydroxylation is 1. The van der Waals surface area contributed by atoms with Crippen molar-refractivity contribution in [1.29, 1.82) is 0 Å². The predicted octanol–water partition coefficient (Wildman–Crippen LogP) is 3.55. The van der Waals surface area contributed by atoms with Crippen molar-refractivity contribution in [2.24, 2.45) is 0 Å². The van der Waals surface area contributed by atoms with Crippen LogP contribution in [0.15, 0.2) is 48.5 Å². The Morgan fingerprint density at radius 1 is 1.19 bits per heavy atom. The molecule has 6 heteroatoms. The van der Waals surface area contributed by atoms with Crippen molar-refractivity contribution >= 4 is 28.1 Å². The summed E-state index contributed by atoms with van der Waals surface area (Å²) in [6, 6.07) is 15.4. The number of carboxylic acid groups (broad SMARTS) is 1. The fraction of sp³-hybridized carbons (Fsp3) is 0.200. The first-order valence-corrected chi connectivity index (χ1v) is 9.14. The molecule has 0 fully saturated rings. The first kappa shape index (κ1) is 17.9. The summed E-state index contributed by atoms with van der Waals surface area (Å²) in [6.07, 6.45) is -0.171. The van der Waals surface area contributed by atoms with Crippen LogP contribution >= 0.6 is 11.3 Å². The Hall–Kier alpha value is -2.86. The normalized spacial score (nSPS) is 10.5. The highest BCUT2D eigenvalue weighted by Crippen LogP contribution is 2.34. The second kappa shape index (κ2) is 8.01. The van der Waals surface area contributed by atoms with Gasteiger partial charge in [-0.05, 0) is 49.7 Å². The van der Waals surface area contributed by atoms with Gasteiger partial charge in [-0.15, -0.1) is 11.3 Å². The van der Waals surface area contributed by atoms with Gasteiger partial charge in [-0.25, -0.2) is 4.98 Å². The number of thiazole rings is 1. The molecule has 0 radical (unpaired) electrons. The average Bonchev–Trinajstić information content (AvgIpc) is 2.99. The molecule has 0 saturated carbocycles. The van der Waals surface area contributed by atoms with Gasteiger partial charge in [-0.3, -0.25) is 0 Å². The van der Waals surface area contributed by atoms with E-state index in [0.717, 1.165) is 22.6 Å². The van der Waals surface area contributed by atoms with Crippen molar-refractivity contribution in [2.75, 3.05) is 11.9 Å². The van der Waals surface area contributed by atoms with Gasteiger partial charge in [0.1, 0.15) is 5.75 Å². The molecule has 0 bridgehead atoms. The number of hydrogen-bond acceptors (Lipinski definition) is 6. The summed E-state index contributed by atoms with van der Waals surface area (Å²) in [6.45, 7) is 4.53. The van der Waals surface area contributed by atoms with Gasteiger partial charge >= 0.3 is 0 Å². The van der Waals surface area contributed by atoms with Gasteiger partial charge in [0.05, 0.1) is 12.3 Å². The van der Waals surface area contributed by atoms with E-state index in [9.17, 15) is 9.90 Å². The number of rotatable bonds is 7. The van der Waals surface area contributed by atoms with E-state index in [2.05, 4.69) is 10.3 Å². The Labute approximate surface area is 156 Å². The molecule has 2 aromatic carbocycles. The van der Waals surface area contributed by atoms with Crippen molar-refractivity contribution in [2.45, 2.75) is 20.3 Å². The van der Waals surface area contributed by atoms with Crippen molar-refractivity contribution in [3.8, 4) is 17.0 Å². The lowest BCUT2D eigenvalue weighted by Gasteiger charge is -2.06. The first-order valence-electron chi connectivity index (χ1n) is 8.32. The fourth-order valence-electron chi connectivity index (χ4n) is 2.59. The number of aliphatic carboxylic acids is 1. The molecule has 26 heavy (non-hydrogen) atoms. The minimum absolute atomic E-state index is 0.171. The number of nitrogens with one attached hydrogen (secondary N) is 1. The van der Waals surface area contributed by atoms with Crippen LogP contribution in [0.25, 0.3) is 11.3 Å². The van der Waals surface area contributed by atoms with Crippen LogP contribution in [-0.2, 0) is 11.2 Å². The molecule has 0 aliphatic rings. The molecule has 0 saturated heterocycles. The van der Waals surface area contributed by atoms with E-state index in [0.29, 0.717) is 22.3 Å². The zero-order valence-corrected chi connectivity index (χ0v) is 15.4. The molecular weight excluding hydrogens is 348 g/mol. The van der Waals surface area contributed by atoms with Crippen molar-refractivity contribution in [3.63, 3.8) is 0 Å². The maximum Gasteiger partial charge on any atom is 0.187 e. The number of carbonyl (C=O) groups excluding carboxylic acids is 1. The third kappa shape index (κ3) is 4.21.